The largest absolute Gasteiger partial charge is 0.462 e. The van der Waals surface area contributed by atoms with E-state index in [-0.39, 0.29) is 17.9 Å². The normalized spacial score (nSPS) is 10.3. The Morgan fingerprint density at radius 2 is 1.72 bits per heavy atom. The van der Waals surface area contributed by atoms with Gasteiger partial charge in [-0.2, -0.15) is 0 Å². The summed E-state index contributed by atoms with van der Waals surface area (Å²) < 4.78 is 5.04. The molecule has 1 amide bonds. The minimum atomic E-state index is -0.497. The van der Waals surface area contributed by atoms with Crippen molar-refractivity contribution in [2.24, 2.45) is 0 Å². The molecule has 7 nitrogen and oxygen atoms in total. The number of aromatic nitrogens is 2. The van der Waals surface area contributed by atoms with Crippen molar-refractivity contribution in [1.29, 1.82) is 0 Å². The van der Waals surface area contributed by atoms with Crippen LogP contribution in [0.4, 0.5) is 17.3 Å². The number of carbonyl (C=O) groups is 2. The molecular formula is C22H22N4O3. The number of hydrogen-bond donors (Lipinski definition) is 2. The van der Waals surface area contributed by atoms with Crippen LogP contribution in [0.3, 0.4) is 0 Å². The van der Waals surface area contributed by atoms with Gasteiger partial charge in [0.25, 0.3) is 5.91 Å². The van der Waals surface area contributed by atoms with Gasteiger partial charge in [0, 0.05) is 11.9 Å². The Labute approximate surface area is 169 Å². The first-order valence-electron chi connectivity index (χ1n) is 9.23. The minimum absolute atomic E-state index is 0.174. The van der Waals surface area contributed by atoms with Gasteiger partial charge >= 0.3 is 5.97 Å². The van der Waals surface area contributed by atoms with Crippen LogP contribution in [0, 0.1) is 13.8 Å². The summed E-state index contributed by atoms with van der Waals surface area (Å²) in [6.07, 6.45) is 1.51. The van der Waals surface area contributed by atoms with E-state index < -0.39 is 11.9 Å². The number of rotatable bonds is 6. The fraction of sp³-hybridized carbons (Fsp3) is 0.182. The highest BCUT2D eigenvalue weighted by Crippen LogP contribution is 2.23. The third kappa shape index (κ3) is 4.76. The molecule has 3 aromatic rings. The summed E-state index contributed by atoms with van der Waals surface area (Å²) in [6.45, 7) is 5.95. The molecule has 0 bridgehead atoms. The van der Waals surface area contributed by atoms with E-state index in [0.717, 1.165) is 16.8 Å². The zero-order valence-electron chi connectivity index (χ0n) is 16.5. The molecule has 0 fully saturated rings. The maximum Gasteiger partial charge on any atom is 0.340 e. The van der Waals surface area contributed by atoms with Crippen LogP contribution < -0.4 is 10.6 Å². The Morgan fingerprint density at radius 3 is 2.45 bits per heavy atom. The molecule has 7 heteroatoms. The van der Waals surface area contributed by atoms with Crippen molar-refractivity contribution in [1.82, 2.24) is 9.97 Å². The van der Waals surface area contributed by atoms with E-state index in [9.17, 15) is 9.59 Å². The van der Waals surface area contributed by atoms with Crippen LogP contribution >= 0.6 is 0 Å². The van der Waals surface area contributed by atoms with Crippen molar-refractivity contribution in [3.05, 3.63) is 77.1 Å². The van der Waals surface area contributed by atoms with Gasteiger partial charge in [0.15, 0.2) is 0 Å². The highest BCUT2D eigenvalue weighted by Gasteiger charge is 2.16. The summed E-state index contributed by atoms with van der Waals surface area (Å²) in [5, 5.41) is 5.89. The smallest absolute Gasteiger partial charge is 0.340 e. The molecule has 148 valence electrons. The first-order valence-corrected chi connectivity index (χ1v) is 9.23. The summed E-state index contributed by atoms with van der Waals surface area (Å²) in [5.74, 6) is -0.633. The standard InChI is InChI=1S/C22H22N4O3/c1-4-29-21(28)16-10-5-6-11-17(16)24-20(27)18-12-13-23-22(25-18)26-19-14(2)8-7-9-15(19)3/h5-13H,4H2,1-3H3,(H,24,27)(H,23,25,26). The molecule has 0 saturated carbocycles. The lowest BCUT2D eigenvalue weighted by Crippen LogP contribution is -2.17. The highest BCUT2D eigenvalue weighted by atomic mass is 16.5. The number of para-hydroxylation sites is 2. The number of anilines is 3. The highest BCUT2D eigenvalue weighted by molar-refractivity contribution is 6.07. The molecule has 0 aliphatic rings. The summed E-state index contributed by atoms with van der Waals surface area (Å²) in [4.78, 5) is 33.3. The Kier molecular flexibility index (Phi) is 6.19. The molecular weight excluding hydrogens is 368 g/mol. The maximum atomic E-state index is 12.7. The van der Waals surface area contributed by atoms with Crippen molar-refractivity contribution in [2.45, 2.75) is 20.8 Å². The van der Waals surface area contributed by atoms with Crippen LogP contribution in [0.2, 0.25) is 0 Å². The van der Waals surface area contributed by atoms with E-state index in [1.165, 1.54) is 12.3 Å². The molecule has 29 heavy (non-hydrogen) atoms. The number of carbonyl (C=O) groups excluding carboxylic acids is 2. The van der Waals surface area contributed by atoms with Crippen molar-refractivity contribution < 1.29 is 14.3 Å². The fourth-order valence-corrected chi connectivity index (χ4v) is 2.83. The molecule has 0 atom stereocenters. The van der Waals surface area contributed by atoms with Crippen LogP contribution in [0.5, 0.6) is 0 Å². The van der Waals surface area contributed by atoms with Crippen molar-refractivity contribution in [2.75, 3.05) is 17.2 Å². The second-order valence-electron chi connectivity index (χ2n) is 6.38. The number of benzene rings is 2. The summed E-state index contributed by atoms with van der Waals surface area (Å²) in [5.41, 5.74) is 3.81. The quantitative estimate of drug-likeness (QED) is 0.611. The molecule has 2 aromatic carbocycles. The van der Waals surface area contributed by atoms with Gasteiger partial charge in [-0.05, 0) is 50.1 Å². The predicted molar refractivity (Wildman–Crippen MR) is 112 cm³/mol. The van der Waals surface area contributed by atoms with Gasteiger partial charge in [-0.1, -0.05) is 30.3 Å². The molecule has 1 aromatic heterocycles. The lowest BCUT2D eigenvalue weighted by atomic mass is 10.1. The maximum absolute atomic E-state index is 12.7. The van der Waals surface area contributed by atoms with E-state index in [1.54, 1.807) is 31.2 Å². The zero-order chi connectivity index (χ0) is 20.8. The van der Waals surface area contributed by atoms with E-state index in [0.29, 0.717) is 11.6 Å². The van der Waals surface area contributed by atoms with E-state index in [1.807, 2.05) is 32.0 Å². The van der Waals surface area contributed by atoms with E-state index in [4.69, 9.17) is 4.74 Å². The lowest BCUT2D eigenvalue weighted by molar-refractivity contribution is 0.0527. The predicted octanol–water partition coefficient (Wildman–Crippen LogP) is 4.27. The van der Waals surface area contributed by atoms with Crippen LogP contribution in [0.25, 0.3) is 0 Å². The number of esters is 1. The van der Waals surface area contributed by atoms with Crippen LogP contribution in [0.15, 0.2) is 54.7 Å². The van der Waals surface area contributed by atoms with Crippen molar-refractivity contribution in [3.63, 3.8) is 0 Å². The third-order valence-electron chi connectivity index (χ3n) is 4.28. The molecule has 1 heterocycles. The van der Waals surface area contributed by atoms with E-state index in [2.05, 4.69) is 20.6 Å². The summed E-state index contributed by atoms with van der Waals surface area (Å²) in [7, 11) is 0. The van der Waals surface area contributed by atoms with Gasteiger partial charge in [0.1, 0.15) is 5.69 Å². The molecule has 0 radical (unpaired) electrons. The second-order valence-corrected chi connectivity index (χ2v) is 6.38. The van der Waals surface area contributed by atoms with Gasteiger partial charge in [-0.25, -0.2) is 14.8 Å². The van der Waals surface area contributed by atoms with Gasteiger partial charge < -0.3 is 15.4 Å². The number of amides is 1. The SMILES string of the molecule is CCOC(=O)c1ccccc1NC(=O)c1ccnc(Nc2c(C)cccc2C)n1. The Bertz CT molecular complexity index is 1030. The Hall–Kier alpha value is -3.74. The second kappa shape index (κ2) is 8.97. The van der Waals surface area contributed by atoms with Gasteiger partial charge in [0.2, 0.25) is 5.95 Å². The number of aryl methyl sites for hydroxylation is 2. The molecule has 0 spiro atoms. The number of nitrogens with zero attached hydrogens (tertiary/aromatic N) is 2. The van der Waals surface area contributed by atoms with Gasteiger partial charge in [-0.15, -0.1) is 0 Å². The molecule has 0 unspecified atom stereocenters. The summed E-state index contributed by atoms with van der Waals surface area (Å²) in [6, 6.07) is 14.1. The van der Waals surface area contributed by atoms with Crippen LogP contribution in [-0.2, 0) is 4.74 Å². The molecule has 0 saturated heterocycles. The first-order chi connectivity index (χ1) is 14.0. The van der Waals surface area contributed by atoms with Crippen LogP contribution in [0.1, 0.15) is 38.9 Å². The Morgan fingerprint density at radius 1 is 1.00 bits per heavy atom. The Balaban J connectivity index is 1.81. The van der Waals surface area contributed by atoms with Crippen molar-refractivity contribution >= 4 is 29.2 Å². The molecule has 0 aliphatic carbocycles. The zero-order valence-corrected chi connectivity index (χ0v) is 16.5. The minimum Gasteiger partial charge on any atom is -0.462 e. The average molecular weight is 390 g/mol. The summed E-state index contributed by atoms with van der Waals surface area (Å²) >= 11 is 0. The molecule has 0 aliphatic heterocycles. The van der Waals surface area contributed by atoms with Gasteiger partial charge in [-0.3, -0.25) is 4.79 Å². The average Bonchev–Trinajstić information content (AvgIpc) is 2.71. The lowest BCUT2D eigenvalue weighted by Gasteiger charge is -2.12. The molecule has 2 N–H and O–H groups in total. The fourth-order valence-electron chi connectivity index (χ4n) is 2.83. The molecule has 3 rings (SSSR count). The van der Waals surface area contributed by atoms with Crippen LogP contribution in [-0.4, -0.2) is 28.5 Å². The monoisotopic (exact) mass is 390 g/mol. The number of nitrogens with one attached hydrogen (secondary N) is 2. The number of hydrogen-bond acceptors (Lipinski definition) is 6. The first kappa shape index (κ1) is 20.0. The van der Waals surface area contributed by atoms with E-state index >= 15 is 0 Å². The topological polar surface area (TPSA) is 93.2 Å². The van der Waals surface area contributed by atoms with Gasteiger partial charge in [0.05, 0.1) is 17.9 Å². The third-order valence-corrected chi connectivity index (χ3v) is 4.28. The number of ether oxygens (including phenoxy) is 1. The van der Waals surface area contributed by atoms with Crippen molar-refractivity contribution in [3.8, 4) is 0 Å².